The number of aryl methyl sites for hydroxylation is 1. The molecule has 0 radical (unpaired) electrons. The van der Waals surface area contributed by atoms with Gasteiger partial charge in [-0.1, -0.05) is 36.4 Å². The molecular formula is C24H25BrClN5O2S. The molecule has 10 heteroatoms. The normalized spacial score (nSPS) is 14.1. The second-order valence-electron chi connectivity index (χ2n) is 8.05. The molecule has 7 nitrogen and oxygen atoms in total. The van der Waals surface area contributed by atoms with Crippen LogP contribution in [0.15, 0.2) is 76.2 Å². The Morgan fingerprint density at radius 3 is 2.44 bits per heavy atom. The Kier molecular flexibility index (Phi) is 7.18. The Hall–Kier alpha value is -2.59. The standard InChI is InChI=1S/C24H24BrN5O2S.ClH/c1-29-16-21(25)24(27-29)17-5-4-6-18(15-17)28-33(31,32)23-10-9-22(30-13-11-26-12-14-30)19-7-2-3-8-20(19)23;/h2-10,15-16,26,28H,11-14H2,1H3;1H. The number of nitrogens with zero attached hydrogens (tertiary/aromatic N) is 3. The number of halogens is 2. The van der Waals surface area contributed by atoms with Gasteiger partial charge in [-0.05, 0) is 40.2 Å². The molecule has 1 fully saturated rings. The summed E-state index contributed by atoms with van der Waals surface area (Å²) in [7, 11) is -1.97. The molecule has 2 heterocycles. The van der Waals surface area contributed by atoms with Crippen LogP contribution in [0, 0.1) is 0 Å². The third kappa shape index (κ3) is 4.79. The van der Waals surface area contributed by atoms with Gasteiger partial charge in [-0.3, -0.25) is 9.40 Å². The van der Waals surface area contributed by atoms with Crippen molar-refractivity contribution in [3.63, 3.8) is 0 Å². The molecule has 0 spiro atoms. The first-order valence-corrected chi connectivity index (χ1v) is 13.0. The van der Waals surface area contributed by atoms with Crippen LogP contribution in [-0.2, 0) is 17.1 Å². The summed E-state index contributed by atoms with van der Waals surface area (Å²) in [5, 5.41) is 9.47. The minimum Gasteiger partial charge on any atom is -0.368 e. The molecule has 1 aliphatic heterocycles. The average Bonchev–Trinajstić information content (AvgIpc) is 3.16. The van der Waals surface area contributed by atoms with Gasteiger partial charge in [0, 0.05) is 67.1 Å². The van der Waals surface area contributed by atoms with Gasteiger partial charge in [-0.15, -0.1) is 12.4 Å². The van der Waals surface area contributed by atoms with Crippen LogP contribution < -0.4 is 14.9 Å². The maximum Gasteiger partial charge on any atom is 0.262 e. The van der Waals surface area contributed by atoms with Crippen LogP contribution in [0.2, 0.25) is 0 Å². The molecule has 5 rings (SSSR count). The first-order chi connectivity index (χ1) is 15.9. The molecule has 0 unspecified atom stereocenters. The largest absolute Gasteiger partial charge is 0.368 e. The van der Waals surface area contributed by atoms with Crippen LogP contribution in [0.25, 0.3) is 22.0 Å². The van der Waals surface area contributed by atoms with Gasteiger partial charge in [0.25, 0.3) is 10.0 Å². The van der Waals surface area contributed by atoms with Crippen molar-refractivity contribution in [2.24, 2.45) is 7.05 Å². The van der Waals surface area contributed by atoms with E-state index in [9.17, 15) is 8.42 Å². The lowest BCUT2D eigenvalue weighted by Crippen LogP contribution is -2.43. The van der Waals surface area contributed by atoms with Gasteiger partial charge in [0.15, 0.2) is 0 Å². The fourth-order valence-corrected chi connectivity index (χ4v) is 6.13. The lowest BCUT2D eigenvalue weighted by atomic mass is 10.1. The molecule has 1 aliphatic rings. The summed E-state index contributed by atoms with van der Waals surface area (Å²) in [6, 6.07) is 18.6. The summed E-state index contributed by atoms with van der Waals surface area (Å²) in [6.07, 6.45) is 1.86. The van der Waals surface area contributed by atoms with E-state index in [0.29, 0.717) is 11.1 Å². The SMILES string of the molecule is Cl.Cn1cc(Br)c(-c2cccc(NS(=O)(=O)c3ccc(N4CCNCC4)c4ccccc34)c2)n1. The Labute approximate surface area is 213 Å². The van der Waals surface area contributed by atoms with Gasteiger partial charge in [0.2, 0.25) is 0 Å². The Balaban J connectivity index is 0.00000274. The van der Waals surface area contributed by atoms with E-state index in [1.54, 1.807) is 22.9 Å². The molecule has 3 aromatic carbocycles. The number of aromatic nitrogens is 2. The quantitative estimate of drug-likeness (QED) is 0.371. The Morgan fingerprint density at radius 1 is 1.00 bits per heavy atom. The number of nitrogens with one attached hydrogen (secondary N) is 2. The van der Waals surface area contributed by atoms with Crippen molar-refractivity contribution in [2.45, 2.75) is 4.90 Å². The van der Waals surface area contributed by atoms with Gasteiger partial charge < -0.3 is 10.2 Å². The molecule has 0 atom stereocenters. The molecule has 0 amide bonds. The molecule has 0 aliphatic carbocycles. The van der Waals surface area contributed by atoms with E-state index in [4.69, 9.17) is 0 Å². The van der Waals surface area contributed by atoms with E-state index in [0.717, 1.165) is 53.0 Å². The zero-order chi connectivity index (χ0) is 23.0. The van der Waals surface area contributed by atoms with Crippen molar-refractivity contribution >= 4 is 60.5 Å². The fourth-order valence-electron chi connectivity index (χ4n) is 4.27. The van der Waals surface area contributed by atoms with E-state index < -0.39 is 10.0 Å². The lowest BCUT2D eigenvalue weighted by Gasteiger charge is -2.30. The second-order valence-corrected chi connectivity index (χ2v) is 10.6. The van der Waals surface area contributed by atoms with Crippen molar-refractivity contribution < 1.29 is 8.42 Å². The lowest BCUT2D eigenvalue weighted by molar-refractivity contribution is 0.590. The number of hydrogen-bond donors (Lipinski definition) is 2. The monoisotopic (exact) mass is 561 g/mol. The topological polar surface area (TPSA) is 79.3 Å². The van der Waals surface area contributed by atoms with Gasteiger partial charge in [-0.2, -0.15) is 5.10 Å². The first-order valence-electron chi connectivity index (χ1n) is 10.7. The van der Waals surface area contributed by atoms with E-state index in [1.807, 2.05) is 55.7 Å². The molecule has 0 bridgehead atoms. The number of piperazine rings is 1. The van der Waals surface area contributed by atoms with E-state index in [-0.39, 0.29) is 17.3 Å². The minimum absolute atomic E-state index is 0. The highest BCUT2D eigenvalue weighted by molar-refractivity contribution is 9.10. The van der Waals surface area contributed by atoms with Crippen LogP contribution in [0.1, 0.15) is 0 Å². The number of sulfonamides is 1. The fraction of sp³-hybridized carbons (Fsp3) is 0.208. The van der Waals surface area contributed by atoms with Crippen LogP contribution in [0.4, 0.5) is 11.4 Å². The van der Waals surface area contributed by atoms with Gasteiger partial charge in [0.05, 0.1) is 9.37 Å². The summed E-state index contributed by atoms with van der Waals surface area (Å²) in [4.78, 5) is 2.57. The predicted molar refractivity (Wildman–Crippen MR) is 143 cm³/mol. The summed E-state index contributed by atoms with van der Waals surface area (Å²) in [5.74, 6) is 0. The molecule has 1 aromatic heterocycles. The number of hydrogen-bond acceptors (Lipinski definition) is 5. The Bertz CT molecular complexity index is 1430. The number of fused-ring (bicyclic) bond motifs is 1. The van der Waals surface area contributed by atoms with Crippen molar-refractivity contribution in [1.29, 1.82) is 0 Å². The molecular weight excluding hydrogens is 538 g/mol. The van der Waals surface area contributed by atoms with Crippen LogP contribution in [0.5, 0.6) is 0 Å². The highest BCUT2D eigenvalue weighted by Crippen LogP contribution is 2.34. The second kappa shape index (κ2) is 9.95. The molecule has 1 saturated heterocycles. The van der Waals surface area contributed by atoms with Gasteiger partial charge in [-0.25, -0.2) is 8.42 Å². The van der Waals surface area contributed by atoms with Gasteiger partial charge >= 0.3 is 0 Å². The highest BCUT2D eigenvalue weighted by Gasteiger charge is 2.21. The van der Waals surface area contributed by atoms with Crippen LogP contribution >= 0.6 is 28.3 Å². The van der Waals surface area contributed by atoms with E-state index in [2.05, 4.69) is 36.0 Å². The van der Waals surface area contributed by atoms with Crippen molar-refractivity contribution in [3.05, 3.63) is 71.3 Å². The maximum atomic E-state index is 13.5. The first kappa shape index (κ1) is 24.5. The van der Waals surface area contributed by atoms with Crippen molar-refractivity contribution in [1.82, 2.24) is 15.1 Å². The molecule has 0 saturated carbocycles. The molecule has 2 N–H and O–H groups in total. The maximum absolute atomic E-state index is 13.5. The zero-order valence-electron chi connectivity index (χ0n) is 18.5. The average molecular weight is 563 g/mol. The zero-order valence-corrected chi connectivity index (χ0v) is 21.8. The number of rotatable bonds is 5. The summed E-state index contributed by atoms with van der Waals surface area (Å²) < 4.78 is 32.2. The molecule has 4 aromatic rings. The minimum atomic E-state index is -3.81. The molecule has 178 valence electrons. The van der Waals surface area contributed by atoms with Crippen LogP contribution in [0.3, 0.4) is 0 Å². The summed E-state index contributed by atoms with van der Waals surface area (Å²) >= 11 is 3.51. The summed E-state index contributed by atoms with van der Waals surface area (Å²) in [6.45, 7) is 3.62. The predicted octanol–water partition coefficient (Wildman–Crippen LogP) is 4.64. The highest BCUT2D eigenvalue weighted by atomic mass is 79.9. The van der Waals surface area contributed by atoms with E-state index in [1.165, 1.54) is 0 Å². The summed E-state index contributed by atoms with van der Waals surface area (Å²) in [5.41, 5.74) is 3.12. The third-order valence-corrected chi connectivity index (χ3v) is 7.80. The van der Waals surface area contributed by atoms with Crippen molar-refractivity contribution in [3.8, 4) is 11.3 Å². The Morgan fingerprint density at radius 2 is 1.74 bits per heavy atom. The number of benzene rings is 3. The van der Waals surface area contributed by atoms with Crippen molar-refractivity contribution in [2.75, 3.05) is 35.8 Å². The number of anilines is 2. The smallest absolute Gasteiger partial charge is 0.262 e. The third-order valence-electron chi connectivity index (χ3n) is 5.78. The van der Waals surface area contributed by atoms with Crippen LogP contribution in [-0.4, -0.2) is 44.4 Å². The molecule has 34 heavy (non-hydrogen) atoms. The van der Waals surface area contributed by atoms with E-state index >= 15 is 0 Å². The van der Waals surface area contributed by atoms with Gasteiger partial charge in [0.1, 0.15) is 5.69 Å².